The van der Waals surface area contributed by atoms with E-state index in [9.17, 15) is 13.2 Å². The fourth-order valence-electron chi connectivity index (χ4n) is 2.04. The monoisotopic (exact) mass is 367 g/mol. The third kappa shape index (κ3) is 5.00. The van der Waals surface area contributed by atoms with Crippen LogP contribution in [0.1, 0.15) is 10.8 Å². The highest BCUT2D eigenvalue weighted by Crippen LogP contribution is 2.42. The maximum absolute atomic E-state index is 12.5. The van der Waals surface area contributed by atoms with Crippen LogP contribution >= 0.6 is 11.8 Å². The van der Waals surface area contributed by atoms with E-state index in [-0.39, 0.29) is 10.6 Å². The summed E-state index contributed by atoms with van der Waals surface area (Å²) in [5.41, 5.74) is 0.681. The Bertz CT molecular complexity index is 769. The van der Waals surface area contributed by atoms with Crippen molar-refractivity contribution in [3.63, 3.8) is 0 Å². The fourth-order valence-corrected chi connectivity index (χ4v) is 2.98. The zero-order valence-corrected chi connectivity index (χ0v) is 14.2. The van der Waals surface area contributed by atoms with E-state index in [2.05, 4.69) is 16.7 Å². The zero-order valence-electron chi connectivity index (χ0n) is 13.4. The van der Waals surface area contributed by atoms with Crippen molar-refractivity contribution in [2.24, 2.45) is 0 Å². The van der Waals surface area contributed by atoms with Gasteiger partial charge in [-0.05, 0) is 23.8 Å². The molecule has 0 heterocycles. The second-order valence-electron chi connectivity index (χ2n) is 4.69. The lowest BCUT2D eigenvalue weighted by atomic mass is 10.1. The van der Waals surface area contributed by atoms with Gasteiger partial charge in [-0.25, -0.2) is 0 Å². The van der Waals surface area contributed by atoms with Crippen LogP contribution < -0.4 is 14.2 Å². The summed E-state index contributed by atoms with van der Waals surface area (Å²) in [6, 6.07) is 11.9. The van der Waals surface area contributed by atoms with Crippen molar-refractivity contribution in [1.29, 1.82) is 0 Å². The second-order valence-corrected chi connectivity index (χ2v) is 5.81. The van der Waals surface area contributed by atoms with Crippen molar-refractivity contribution < 1.29 is 27.4 Å². The number of hydrogen-bond acceptors (Lipinski definition) is 4. The molecule has 0 aliphatic heterocycles. The molecule has 0 fully saturated rings. The molecule has 0 N–H and O–H groups in total. The Morgan fingerprint density at radius 2 is 1.84 bits per heavy atom. The summed E-state index contributed by atoms with van der Waals surface area (Å²) in [6.07, 6.45) is 0.780. The minimum Gasteiger partial charge on any atom is -0.493 e. The van der Waals surface area contributed by atoms with Gasteiger partial charge in [-0.3, -0.25) is 0 Å². The van der Waals surface area contributed by atoms with Gasteiger partial charge in [-0.15, -0.1) is 31.4 Å². The number of methoxy groups -OCH3 is 2. The first-order chi connectivity index (χ1) is 11.9. The normalized spacial score (nSPS) is 12.2. The molecule has 7 heteroatoms. The number of rotatable bonds is 6. The van der Waals surface area contributed by atoms with Gasteiger partial charge in [0, 0.05) is 6.07 Å². The van der Waals surface area contributed by atoms with Crippen LogP contribution in [0.15, 0.2) is 41.3 Å². The molecule has 131 valence electrons. The smallest absolute Gasteiger partial charge is 0.493 e. The van der Waals surface area contributed by atoms with E-state index in [1.165, 1.54) is 32.4 Å². The Hall–Kier alpha value is -2.46. The van der Waals surface area contributed by atoms with Gasteiger partial charge in [0.15, 0.2) is 11.5 Å². The third-order valence-electron chi connectivity index (χ3n) is 3.11. The summed E-state index contributed by atoms with van der Waals surface area (Å²) in [5, 5.41) is -0.561. The van der Waals surface area contributed by atoms with Crippen LogP contribution in [0.5, 0.6) is 17.2 Å². The largest absolute Gasteiger partial charge is 0.573 e. The van der Waals surface area contributed by atoms with Gasteiger partial charge in [0.1, 0.15) is 5.75 Å². The van der Waals surface area contributed by atoms with Crippen LogP contribution in [0.4, 0.5) is 13.2 Å². The predicted octanol–water partition coefficient (Wildman–Crippen LogP) is 4.87. The average Bonchev–Trinajstić information content (AvgIpc) is 2.59. The maximum atomic E-state index is 12.5. The molecule has 2 aromatic rings. The summed E-state index contributed by atoms with van der Waals surface area (Å²) < 4.78 is 52.0. The number of hydrogen-bond donors (Lipinski definition) is 0. The van der Waals surface area contributed by atoms with Crippen molar-refractivity contribution in [1.82, 2.24) is 0 Å². The van der Waals surface area contributed by atoms with Gasteiger partial charge < -0.3 is 14.2 Å². The number of terminal acetylenes is 1. The lowest BCUT2D eigenvalue weighted by Gasteiger charge is -2.16. The van der Waals surface area contributed by atoms with E-state index in [0.29, 0.717) is 17.1 Å². The third-order valence-corrected chi connectivity index (χ3v) is 4.30. The van der Waals surface area contributed by atoms with Crippen LogP contribution in [0.2, 0.25) is 0 Å². The minimum atomic E-state index is -4.79. The van der Waals surface area contributed by atoms with E-state index < -0.39 is 11.6 Å². The van der Waals surface area contributed by atoms with Gasteiger partial charge in [-0.2, -0.15) is 0 Å². The van der Waals surface area contributed by atoms with Crippen LogP contribution in [0, 0.1) is 18.4 Å². The number of thioether (sulfide) groups is 1. The van der Waals surface area contributed by atoms with Crippen molar-refractivity contribution >= 4 is 11.8 Å². The molecule has 0 saturated heterocycles. The highest BCUT2D eigenvalue weighted by molar-refractivity contribution is 7.99. The molecule has 0 aliphatic rings. The average molecular weight is 367 g/mol. The SMILES string of the molecule is C#CC(Sc1[c]cccc1OC(F)(F)F)c1ccc(OC)c(OC)c1. The van der Waals surface area contributed by atoms with E-state index >= 15 is 0 Å². The lowest BCUT2D eigenvalue weighted by Crippen LogP contribution is -2.17. The Labute approximate surface area is 148 Å². The first-order valence-corrected chi connectivity index (χ1v) is 7.87. The van der Waals surface area contributed by atoms with Crippen molar-refractivity contribution in [3.05, 3.63) is 48.0 Å². The molecule has 0 saturated carbocycles. The van der Waals surface area contributed by atoms with Crippen LogP contribution in [-0.4, -0.2) is 20.6 Å². The van der Waals surface area contributed by atoms with Crippen molar-refractivity contribution in [2.75, 3.05) is 14.2 Å². The molecular weight excluding hydrogens is 353 g/mol. The number of benzene rings is 2. The van der Waals surface area contributed by atoms with Crippen LogP contribution in [0.3, 0.4) is 0 Å². The molecule has 0 bridgehead atoms. The molecule has 2 rings (SSSR count). The summed E-state index contributed by atoms with van der Waals surface area (Å²) in [4.78, 5) is 0.164. The molecule has 1 unspecified atom stereocenters. The molecule has 25 heavy (non-hydrogen) atoms. The number of ether oxygens (including phenoxy) is 3. The highest BCUT2D eigenvalue weighted by atomic mass is 32.2. The summed E-state index contributed by atoms with van der Waals surface area (Å²) in [5.74, 6) is 3.21. The van der Waals surface area contributed by atoms with E-state index in [1.807, 2.05) is 0 Å². The summed E-state index contributed by atoms with van der Waals surface area (Å²) >= 11 is 1.03. The van der Waals surface area contributed by atoms with Gasteiger partial charge in [0.25, 0.3) is 0 Å². The standard InChI is InChI=1S/C18H14F3O3S/c1-4-16(12-9-10-13(22-2)15(11-12)23-3)25-17-8-6-5-7-14(17)24-18(19,20)21/h1,5-7,9-11,16H,2-3H3. The molecule has 0 amide bonds. The molecule has 0 aliphatic carbocycles. The lowest BCUT2D eigenvalue weighted by molar-refractivity contribution is -0.275. The first kappa shape index (κ1) is 18.9. The van der Waals surface area contributed by atoms with Gasteiger partial charge in [0.2, 0.25) is 0 Å². The van der Waals surface area contributed by atoms with Crippen molar-refractivity contribution in [2.45, 2.75) is 16.5 Å². The minimum absolute atomic E-state index is 0.164. The van der Waals surface area contributed by atoms with Gasteiger partial charge in [-0.1, -0.05) is 24.1 Å². The van der Waals surface area contributed by atoms with E-state index in [1.54, 1.807) is 18.2 Å². The molecular formula is C18H14F3O3S. The van der Waals surface area contributed by atoms with E-state index in [0.717, 1.165) is 11.8 Å². The quantitative estimate of drug-likeness (QED) is 0.538. The first-order valence-electron chi connectivity index (χ1n) is 6.99. The molecule has 0 spiro atoms. The van der Waals surface area contributed by atoms with E-state index in [4.69, 9.17) is 15.9 Å². The van der Waals surface area contributed by atoms with Gasteiger partial charge >= 0.3 is 6.36 Å². The topological polar surface area (TPSA) is 27.7 Å². The Morgan fingerprint density at radius 3 is 2.44 bits per heavy atom. The number of halogens is 3. The Morgan fingerprint density at radius 1 is 1.12 bits per heavy atom. The summed E-state index contributed by atoms with van der Waals surface area (Å²) in [7, 11) is 2.99. The molecule has 2 aromatic carbocycles. The van der Waals surface area contributed by atoms with Gasteiger partial charge in [0.05, 0.1) is 24.4 Å². The maximum Gasteiger partial charge on any atom is 0.573 e. The highest BCUT2D eigenvalue weighted by Gasteiger charge is 2.32. The van der Waals surface area contributed by atoms with Crippen LogP contribution in [-0.2, 0) is 0 Å². The molecule has 1 atom stereocenters. The number of alkyl halides is 3. The summed E-state index contributed by atoms with van der Waals surface area (Å²) in [6.45, 7) is 0. The Balaban J connectivity index is 2.31. The second kappa shape index (κ2) is 8.08. The Kier molecular flexibility index (Phi) is 6.10. The predicted molar refractivity (Wildman–Crippen MR) is 88.9 cm³/mol. The molecule has 3 nitrogen and oxygen atoms in total. The fraction of sp³-hybridized carbons (Fsp3) is 0.222. The van der Waals surface area contributed by atoms with Crippen molar-refractivity contribution in [3.8, 4) is 29.6 Å². The van der Waals surface area contributed by atoms with Crippen LogP contribution in [0.25, 0.3) is 0 Å². The molecule has 0 aromatic heterocycles. The zero-order chi connectivity index (χ0) is 18.4. The molecule has 1 radical (unpaired) electrons.